The third-order valence-corrected chi connectivity index (χ3v) is 5.94. The van der Waals surface area contributed by atoms with Gasteiger partial charge in [0.2, 0.25) is 0 Å². The van der Waals surface area contributed by atoms with Crippen LogP contribution in [0.2, 0.25) is 0 Å². The second-order valence-electron chi connectivity index (χ2n) is 6.75. The number of ether oxygens (including phenoxy) is 2. The van der Waals surface area contributed by atoms with E-state index < -0.39 is 10.0 Å². The molecule has 0 bridgehead atoms. The van der Waals surface area contributed by atoms with Crippen LogP contribution in [0.15, 0.2) is 83.8 Å². The topological polar surface area (TPSA) is 84.9 Å². The molecule has 8 heteroatoms. The molecule has 0 unspecified atom stereocenters. The smallest absolute Gasteiger partial charge is 0.261 e. The lowest BCUT2D eigenvalue weighted by molar-refractivity contribution is 0.0774. The molecule has 0 atom stereocenters. The van der Waals surface area contributed by atoms with Crippen molar-refractivity contribution in [2.45, 2.75) is 4.90 Å². The van der Waals surface area contributed by atoms with E-state index in [2.05, 4.69) is 4.72 Å². The van der Waals surface area contributed by atoms with Crippen LogP contribution in [-0.4, -0.2) is 46.5 Å². The zero-order valence-corrected chi connectivity index (χ0v) is 18.1. The van der Waals surface area contributed by atoms with Gasteiger partial charge in [-0.3, -0.25) is 9.52 Å². The number of amides is 1. The largest absolute Gasteiger partial charge is 0.497 e. The minimum atomic E-state index is -3.68. The van der Waals surface area contributed by atoms with Crippen LogP contribution in [-0.2, 0) is 10.0 Å². The minimum absolute atomic E-state index is 0.173. The molecule has 3 aromatic rings. The maximum Gasteiger partial charge on any atom is 0.261 e. The molecule has 1 amide bonds. The first-order valence-electron chi connectivity index (χ1n) is 9.59. The van der Waals surface area contributed by atoms with Gasteiger partial charge in [-0.2, -0.15) is 0 Å². The average molecular weight is 441 g/mol. The summed E-state index contributed by atoms with van der Waals surface area (Å²) in [5, 5.41) is 0. The van der Waals surface area contributed by atoms with Crippen LogP contribution in [0.4, 0.5) is 5.69 Å². The summed E-state index contributed by atoms with van der Waals surface area (Å²) in [5.41, 5.74) is 0.834. The molecule has 0 saturated carbocycles. The van der Waals surface area contributed by atoms with Gasteiger partial charge < -0.3 is 14.4 Å². The molecular weight excluding hydrogens is 416 g/mol. The molecule has 0 spiro atoms. The van der Waals surface area contributed by atoms with Crippen molar-refractivity contribution in [3.63, 3.8) is 0 Å². The lowest BCUT2D eigenvalue weighted by Crippen LogP contribution is -2.30. The number of hydrogen-bond acceptors (Lipinski definition) is 5. The lowest BCUT2D eigenvalue weighted by Gasteiger charge is -2.18. The van der Waals surface area contributed by atoms with E-state index in [4.69, 9.17) is 9.47 Å². The van der Waals surface area contributed by atoms with Gasteiger partial charge in [-0.15, -0.1) is 0 Å². The van der Waals surface area contributed by atoms with Crippen molar-refractivity contribution in [2.75, 3.05) is 32.0 Å². The highest BCUT2D eigenvalue weighted by atomic mass is 32.2. The quantitative estimate of drug-likeness (QED) is 0.549. The van der Waals surface area contributed by atoms with Crippen molar-refractivity contribution < 1.29 is 22.7 Å². The number of hydrogen-bond donors (Lipinski definition) is 1. The van der Waals surface area contributed by atoms with Crippen LogP contribution in [0.1, 0.15) is 10.4 Å². The molecule has 7 nitrogen and oxygen atoms in total. The number of nitrogens with one attached hydrogen (secondary N) is 1. The van der Waals surface area contributed by atoms with Crippen molar-refractivity contribution in [2.24, 2.45) is 0 Å². The zero-order valence-electron chi connectivity index (χ0n) is 17.3. The average Bonchev–Trinajstić information content (AvgIpc) is 2.80. The van der Waals surface area contributed by atoms with Crippen LogP contribution in [0.25, 0.3) is 0 Å². The van der Waals surface area contributed by atoms with Crippen molar-refractivity contribution >= 4 is 21.6 Å². The van der Waals surface area contributed by atoms with E-state index >= 15 is 0 Å². The Morgan fingerprint density at radius 1 is 0.903 bits per heavy atom. The molecule has 0 saturated heterocycles. The van der Waals surface area contributed by atoms with E-state index in [0.717, 1.165) is 5.75 Å². The fourth-order valence-corrected chi connectivity index (χ4v) is 3.87. The van der Waals surface area contributed by atoms with E-state index in [0.29, 0.717) is 30.2 Å². The summed E-state index contributed by atoms with van der Waals surface area (Å²) in [5.74, 6) is 1.25. The maximum atomic E-state index is 12.6. The van der Waals surface area contributed by atoms with Crippen LogP contribution >= 0.6 is 0 Å². The highest BCUT2D eigenvalue weighted by molar-refractivity contribution is 7.92. The molecular formula is C23H24N2O5S. The normalized spacial score (nSPS) is 10.9. The Kier molecular flexibility index (Phi) is 7.15. The van der Waals surface area contributed by atoms with Gasteiger partial charge in [-0.1, -0.05) is 18.2 Å². The lowest BCUT2D eigenvalue weighted by atomic mass is 10.2. The number of carbonyl (C=O) groups excluding carboxylic acids is 1. The fourth-order valence-electron chi connectivity index (χ4n) is 2.79. The molecule has 3 aromatic carbocycles. The summed E-state index contributed by atoms with van der Waals surface area (Å²) in [7, 11) is -0.391. The second-order valence-corrected chi connectivity index (χ2v) is 8.43. The number of sulfonamides is 1. The van der Waals surface area contributed by atoms with Gasteiger partial charge in [0.1, 0.15) is 18.1 Å². The molecule has 31 heavy (non-hydrogen) atoms. The van der Waals surface area contributed by atoms with E-state index in [1.165, 1.54) is 12.1 Å². The third kappa shape index (κ3) is 5.99. The van der Waals surface area contributed by atoms with E-state index in [-0.39, 0.29) is 10.8 Å². The summed E-state index contributed by atoms with van der Waals surface area (Å²) in [6.07, 6.45) is 0. The van der Waals surface area contributed by atoms with Crippen LogP contribution < -0.4 is 14.2 Å². The monoisotopic (exact) mass is 440 g/mol. The number of rotatable bonds is 9. The molecule has 0 aliphatic rings. The Hall–Kier alpha value is -3.52. The zero-order chi connectivity index (χ0) is 22.3. The summed E-state index contributed by atoms with van der Waals surface area (Å²) in [6.45, 7) is 0.733. The van der Waals surface area contributed by atoms with E-state index in [1.807, 2.05) is 0 Å². The van der Waals surface area contributed by atoms with Gasteiger partial charge in [-0.05, 0) is 60.7 Å². The summed E-state index contributed by atoms with van der Waals surface area (Å²) >= 11 is 0. The molecule has 0 aliphatic carbocycles. The number of carbonyl (C=O) groups is 1. The standard InChI is InChI=1S/C23H24N2O5S/c1-25(16-17-30-21-14-12-20(29-2)13-15-21)23(26)18-8-10-19(11-9-18)24-31(27,28)22-6-4-3-5-7-22/h3-15,24H,16-17H2,1-2H3. The highest BCUT2D eigenvalue weighted by Crippen LogP contribution is 2.18. The highest BCUT2D eigenvalue weighted by Gasteiger charge is 2.15. The number of methoxy groups -OCH3 is 1. The molecule has 0 aromatic heterocycles. The van der Waals surface area contributed by atoms with Crippen molar-refractivity contribution in [3.8, 4) is 11.5 Å². The van der Waals surface area contributed by atoms with E-state index in [1.54, 1.807) is 85.8 Å². The van der Waals surface area contributed by atoms with Gasteiger partial charge >= 0.3 is 0 Å². The van der Waals surface area contributed by atoms with Crippen molar-refractivity contribution in [3.05, 3.63) is 84.4 Å². The van der Waals surface area contributed by atoms with Crippen molar-refractivity contribution in [1.29, 1.82) is 0 Å². The maximum absolute atomic E-state index is 12.6. The predicted molar refractivity (Wildman–Crippen MR) is 119 cm³/mol. The summed E-state index contributed by atoms with van der Waals surface area (Å²) in [6, 6.07) is 21.6. The molecule has 0 radical (unpaired) electrons. The molecule has 0 heterocycles. The molecule has 1 N–H and O–H groups in total. The first-order chi connectivity index (χ1) is 14.9. The number of nitrogens with zero attached hydrogens (tertiary/aromatic N) is 1. The number of likely N-dealkylation sites (N-methyl/N-ethyl adjacent to an activating group) is 1. The Balaban J connectivity index is 1.54. The van der Waals surface area contributed by atoms with Crippen LogP contribution in [0, 0.1) is 0 Å². The Bertz CT molecular complexity index is 1100. The van der Waals surface area contributed by atoms with Crippen LogP contribution in [0.5, 0.6) is 11.5 Å². The minimum Gasteiger partial charge on any atom is -0.497 e. The van der Waals surface area contributed by atoms with Gasteiger partial charge in [0, 0.05) is 18.3 Å². The van der Waals surface area contributed by atoms with Gasteiger partial charge in [0.25, 0.3) is 15.9 Å². The Labute approximate surface area is 182 Å². The van der Waals surface area contributed by atoms with Crippen molar-refractivity contribution in [1.82, 2.24) is 4.90 Å². The predicted octanol–water partition coefficient (Wildman–Crippen LogP) is 3.65. The number of benzene rings is 3. The Morgan fingerprint density at radius 3 is 2.13 bits per heavy atom. The third-order valence-electron chi connectivity index (χ3n) is 4.54. The SMILES string of the molecule is COc1ccc(OCCN(C)C(=O)c2ccc(NS(=O)(=O)c3ccccc3)cc2)cc1. The summed E-state index contributed by atoms with van der Waals surface area (Å²) < 4.78 is 38.0. The van der Waals surface area contributed by atoms with Gasteiger partial charge in [0.15, 0.2) is 0 Å². The van der Waals surface area contributed by atoms with Crippen LogP contribution in [0.3, 0.4) is 0 Å². The molecule has 162 valence electrons. The first-order valence-corrected chi connectivity index (χ1v) is 11.1. The first kappa shape index (κ1) is 22.2. The molecule has 3 rings (SSSR count). The van der Waals surface area contributed by atoms with Gasteiger partial charge in [-0.25, -0.2) is 8.42 Å². The molecule has 0 fully saturated rings. The Morgan fingerprint density at radius 2 is 1.52 bits per heavy atom. The number of anilines is 1. The summed E-state index contributed by atoms with van der Waals surface area (Å²) in [4.78, 5) is 14.3. The van der Waals surface area contributed by atoms with Gasteiger partial charge in [0.05, 0.1) is 18.6 Å². The second kappa shape index (κ2) is 9.99. The van der Waals surface area contributed by atoms with E-state index in [9.17, 15) is 13.2 Å². The molecule has 0 aliphatic heterocycles. The fraction of sp³-hybridized carbons (Fsp3) is 0.174.